The smallest absolute Gasteiger partial charge is 0.509 e. The summed E-state index contributed by atoms with van der Waals surface area (Å²) in [5, 5.41) is 6.47. The fraction of sp³-hybridized carbons (Fsp3) is 0. The van der Waals surface area contributed by atoms with Crippen LogP contribution < -0.4 is 4.74 Å². The average molecular weight is 759 g/mol. The van der Waals surface area contributed by atoms with E-state index >= 15 is 0 Å². The molecule has 7 rings (SSSR count). The number of ether oxygens (including phenoxy) is 1. The molecule has 0 aliphatic rings. The minimum Gasteiger partial charge on any atom is -0.509 e. The molecule has 0 fully saturated rings. The molecular formula is C32H18N4OPtY-2. The van der Waals surface area contributed by atoms with E-state index in [0.29, 0.717) is 11.5 Å². The van der Waals surface area contributed by atoms with Crippen LogP contribution in [0.1, 0.15) is 0 Å². The van der Waals surface area contributed by atoms with E-state index in [-0.39, 0.29) is 53.8 Å². The molecule has 0 amide bonds. The van der Waals surface area contributed by atoms with Crippen LogP contribution in [-0.2, 0) is 53.8 Å². The van der Waals surface area contributed by atoms with Crippen molar-refractivity contribution in [2.24, 2.45) is 0 Å². The Kier molecular flexibility index (Phi) is 8.23. The number of hydrogen-bond donors (Lipinski definition) is 0. The van der Waals surface area contributed by atoms with Crippen molar-refractivity contribution in [2.75, 3.05) is 0 Å². The first-order chi connectivity index (χ1) is 18.3. The number of fused-ring (bicyclic) bond motifs is 3. The summed E-state index contributed by atoms with van der Waals surface area (Å²) in [7, 11) is 0. The predicted molar refractivity (Wildman–Crippen MR) is 143 cm³/mol. The Morgan fingerprint density at radius 1 is 0.718 bits per heavy atom. The quantitative estimate of drug-likeness (QED) is 0.178. The van der Waals surface area contributed by atoms with Crippen molar-refractivity contribution in [1.29, 1.82) is 0 Å². The van der Waals surface area contributed by atoms with Gasteiger partial charge in [0.05, 0.1) is 0 Å². The van der Waals surface area contributed by atoms with E-state index in [1.54, 1.807) is 10.9 Å². The van der Waals surface area contributed by atoms with E-state index in [1.165, 1.54) is 0 Å². The molecule has 0 aliphatic carbocycles. The van der Waals surface area contributed by atoms with E-state index < -0.39 is 0 Å². The fourth-order valence-electron chi connectivity index (χ4n) is 4.52. The molecule has 187 valence electrons. The number of nitrogens with zero attached hydrogens (tertiary/aromatic N) is 4. The van der Waals surface area contributed by atoms with Crippen molar-refractivity contribution >= 4 is 21.8 Å². The van der Waals surface area contributed by atoms with Gasteiger partial charge in [0.25, 0.3) is 0 Å². The Morgan fingerprint density at radius 3 is 2.38 bits per heavy atom. The van der Waals surface area contributed by atoms with Gasteiger partial charge in [-0.3, -0.25) is 4.68 Å². The molecule has 0 unspecified atom stereocenters. The van der Waals surface area contributed by atoms with E-state index in [1.807, 2.05) is 85.1 Å². The Labute approximate surface area is 265 Å². The zero-order valence-electron chi connectivity index (χ0n) is 20.5. The van der Waals surface area contributed by atoms with Crippen molar-refractivity contribution in [3.05, 3.63) is 134 Å². The first kappa shape index (κ1) is 27.2. The molecule has 5 nitrogen and oxygen atoms in total. The topological polar surface area (TPSA) is 44.9 Å². The van der Waals surface area contributed by atoms with Gasteiger partial charge in [-0.1, -0.05) is 29.9 Å². The zero-order chi connectivity index (χ0) is 24.6. The summed E-state index contributed by atoms with van der Waals surface area (Å²) in [5.74, 6) is 1.93. The molecule has 0 saturated heterocycles. The number of pyridine rings is 1. The zero-order valence-corrected chi connectivity index (χ0v) is 25.6. The SMILES string of the molecule is [Pt+2].[Y].[c-]1ccccc1-c1[c-]nc(-n2c3[c-]c(Oc4[c-]c(-n5cccn5)ccc4)ccc3c3ccccc32)cc1. The molecule has 1 radical (unpaired) electrons. The predicted octanol–water partition coefficient (Wildman–Crippen LogP) is 7.02. The Balaban J connectivity index is 0.00000154. The van der Waals surface area contributed by atoms with Crippen LogP contribution in [0.2, 0.25) is 0 Å². The minimum atomic E-state index is 0. The summed E-state index contributed by atoms with van der Waals surface area (Å²) in [6.07, 6.45) is 6.79. The van der Waals surface area contributed by atoms with Crippen LogP contribution >= 0.6 is 0 Å². The number of benzene rings is 4. The van der Waals surface area contributed by atoms with Gasteiger partial charge in [-0.15, -0.1) is 47.9 Å². The average Bonchev–Trinajstić information content (AvgIpc) is 3.61. The molecule has 0 bridgehead atoms. The third-order valence-electron chi connectivity index (χ3n) is 6.20. The normalized spacial score (nSPS) is 10.7. The number of hydrogen-bond acceptors (Lipinski definition) is 3. The Bertz CT molecular complexity index is 1850. The van der Waals surface area contributed by atoms with Gasteiger partial charge in [-0.05, 0) is 23.2 Å². The molecule has 3 aromatic heterocycles. The van der Waals surface area contributed by atoms with Crippen LogP contribution in [-0.4, -0.2) is 19.3 Å². The van der Waals surface area contributed by atoms with Crippen LogP contribution in [0.15, 0.2) is 109 Å². The summed E-state index contributed by atoms with van der Waals surface area (Å²) < 4.78 is 10.0. The maximum Gasteiger partial charge on any atom is 2.00 e. The van der Waals surface area contributed by atoms with Gasteiger partial charge < -0.3 is 14.3 Å². The molecule has 7 aromatic rings. The van der Waals surface area contributed by atoms with Crippen LogP contribution in [0.5, 0.6) is 11.5 Å². The Morgan fingerprint density at radius 2 is 1.59 bits per heavy atom. The van der Waals surface area contributed by atoms with Gasteiger partial charge in [0.15, 0.2) is 0 Å². The van der Waals surface area contributed by atoms with Gasteiger partial charge >= 0.3 is 21.1 Å². The molecule has 0 N–H and O–H groups in total. The first-order valence-electron chi connectivity index (χ1n) is 11.9. The summed E-state index contributed by atoms with van der Waals surface area (Å²) in [5.41, 5.74) is 4.57. The monoisotopic (exact) mass is 758 g/mol. The van der Waals surface area contributed by atoms with Crippen molar-refractivity contribution in [2.45, 2.75) is 0 Å². The second-order valence-corrected chi connectivity index (χ2v) is 8.50. The van der Waals surface area contributed by atoms with Gasteiger partial charge in [-0.2, -0.15) is 47.6 Å². The maximum atomic E-state index is 6.19. The number of rotatable bonds is 5. The summed E-state index contributed by atoms with van der Waals surface area (Å²) in [6.45, 7) is 0. The van der Waals surface area contributed by atoms with Gasteiger partial charge in [0, 0.05) is 67.9 Å². The molecule has 0 saturated carbocycles. The van der Waals surface area contributed by atoms with Gasteiger partial charge in [-0.25, -0.2) is 11.1 Å². The summed E-state index contributed by atoms with van der Waals surface area (Å²) >= 11 is 0. The number of aromatic nitrogens is 4. The van der Waals surface area contributed by atoms with Crippen LogP contribution in [0.3, 0.4) is 0 Å². The molecule has 7 heteroatoms. The largest absolute Gasteiger partial charge is 2.00 e. The van der Waals surface area contributed by atoms with E-state index in [2.05, 4.69) is 52.3 Å². The molecule has 0 atom stereocenters. The fourth-order valence-corrected chi connectivity index (χ4v) is 4.52. The first-order valence-corrected chi connectivity index (χ1v) is 11.9. The third kappa shape index (κ3) is 5.27. The summed E-state index contributed by atoms with van der Waals surface area (Å²) in [4.78, 5) is 4.69. The molecular weight excluding hydrogens is 740 g/mol. The van der Waals surface area contributed by atoms with Crippen molar-refractivity contribution in [1.82, 2.24) is 19.3 Å². The summed E-state index contributed by atoms with van der Waals surface area (Å²) in [6, 6.07) is 41.7. The van der Waals surface area contributed by atoms with E-state index in [9.17, 15) is 0 Å². The van der Waals surface area contributed by atoms with Crippen LogP contribution in [0.4, 0.5) is 0 Å². The second kappa shape index (κ2) is 11.8. The van der Waals surface area contributed by atoms with Gasteiger partial charge in [0.1, 0.15) is 0 Å². The van der Waals surface area contributed by atoms with Gasteiger partial charge in [0.2, 0.25) is 0 Å². The third-order valence-corrected chi connectivity index (χ3v) is 6.20. The molecule has 0 aliphatic heterocycles. The molecule has 3 heterocycles. The molecule has 0 spiro atoms. The van der Waals surface area contributed by atoms with Crippen molar-refractivity contribution in [3.63, 3.8) is 0 Å². The minimum absolute atomic E-state index is 0. The standard InChI is InChI=1S/C32H18N4O.Pt.Y/c1-2-8-23(9-3-1)24-14-17-32(33-22-24)36-30-13-5-4-12-28(30)29-16-15-27(21-31(29)36)37-26-11-6-10-25(20-26)35-19-7-18-34-35;;/h1-8,10-19H;;/q-4;+2;. The van der Waals surface area contributed by atoms with E-state index in [0.717, 1.165) is 44.4 Å². The van der Waals surface area contributed by atoms with E-state index in [4.69, 9.17) is 9.72 Å². The number of para-hydroxylation sites is 1. The van der Waals surface area contributed by atoms with Crippen LogP contribution in [0.25, 0.3) is 44.4 Å². The molecule has 4 aromatic carbocycles. The van der Waals surface area contributed by atoms with Crippen LogP contribution in [0, 0.1) is 24.4 Å². The Hall–Kier alpha value is -3.37. The van der Waals surface area contributed by atoms with Crippen molar-refractivity contribution in [3.8, 4) is 34.1 Å². The maximum absolute atomic E-state index is 6.19. The molecule has 39 heavy (non-hydrogen) atoms. The van der Waals surface area contributed by atoms with Crippen molar-refractivity contribution < 1.29 is 58.5 Å². The second-order valence-electron chi connectivity index (χ2n) is 8.50.